The maximum atomic E-state index is 10.2. The maximum Gasteiger partial charge on any atom is 0.164 e. The SMILES string of the molecule is O[C@H](CNc1ncnc2ncccc12)C1CCCC1. The van der Waals surface area contributed by atoms with Crippen LogP contribution in [0.1, 0.15) is 25.7 Å². The Balaban J connectivity index is 1.71. The number of aliphatic hydroxyl groups excluding tert-OH is 1. The van der Waals surface area contributed by atoms with Gasteiger partial charge in [-0.25, -0.2) is 15.0 Å². The smallest absolute Gasteiger partial charge is 0.164 e. The van der Waals surface area contributed by atoms with Crippen LogP contribution >= 0.6 is 0 Å². The molecule has 5 heteroatoms. The van der Waals surface area contributed by atoms with E-state index in [1.807, 2.05) is 12.1 Å². The van der Waals surface area contributed by atoms with Gasteiger partial charge in [0.05, 0.1) is 11.5 Å². The topological polar surface area (TPSA) is 70.9 Å². The molecule has 5 nitrogen and oxygen atoms in total. The fourth-order valence-electron chi connectivity index (χ4n) is 2.75. The van der Waals surface area contributed by atoms with E-state index in [1.54, 1.807) is 6.20 Å². The maximum absolute atomic E-state index is 10.2. The van der Waals surface area contributed by atoms with Crippen molar-refractivity contribution >= 4 is 16.9 Å². The van der Waals surface area contributed by atoms with Crippen molar-refractivity contribution < 1.29 is 5.11 Å². The minimum atomic E-state index is -0.302. The molecule has 0 aromatic carbocycles. The van der Waals surface area contributed by atoms with E-state index < -0.39 is 0 Å². The van der Waals surface area contributed by atoms with Crippen LogP contribution in [0.15, 0.2) is 24.7 Å². The van der Waals surface area contributed by atoms with Crippen LogP contribution in [0.5, 0.6) is 0 Å². The summed E-state index contributed by atoms with van der Waals surface area (Å²) in [7, 11) is 0. The number of aliphatic hydroxyl groups is 1. The van der Waals surface area contributed by atoms with Crippen molar-refractivity contribution in [2.24, 2.45) is 5.92 Å². The van der Waals surface area contributed by atoms with Gasteiger partial charge in [-0.3, -0.25) is 0 Å². The second-order valence-electron chi connectivity index (χ2n) is 5.09. The number of nitrogens with one attached hydrogen (secondary N) is 1. The number of hydrogen-bond donors (Lipinski definition) is 2. The molecule has 2 heterocycles. The fraction of sp³-hybridized carbons (Fsp3) is 0.500. The Hall–Kier alpha value is -1.75. The first kappa shape index (κ1) is 12.3. The molecule has 0 radical (unpaired) electrons. The van der Waals surface area contributed by atoms with E-state index in [9.17, 15) is 5.11 Å². The largest absolute Gasteiger partial charge is 0.391 e. The van der Waals surface area contributed by atoms with Gasteiger partial charge in [-0.1, -0.05) is 12.8 Å². The van der Waals surface area contributed by atoms with Crippen molar-refractivity contribution in [3.8, 4) is 0 Å². The molecule has 0 unspecified atom stereocenters. The molecule has 0 spiro atoms. The van der Waals surface area contributed by atoms with E-state index in [0.29, 0.717) is 18.1 Å². The summed E-state index contributed by atoms with van der Waals surface area (Å²) in [5.74, 6) is 1.17. The third kappa shape index (κ3) is 2.66. The number of nitrogens with zero attached hydrogens (tertiary/aromatic N) is 3. The van der Waals surface area contributed by atoms with Crippen molar-refractivity contribution in [1.29, 1.82) is 0 Å². The Labute approximate surface area is 112 Å². The molecule has 2 aromatic heterocycles. The quantitative estimate of drug-likeness (QED) is 0.877. The Morgan fingerprint density at radius 2 is 2.11 bits per heavy atom. The zero-order chi connectivity index (χ0) is 13.1. The first-order valence-electron chi connectivity index (χ1n) is 6.82. The van der Waals surface area contributed by atoms with E-state index >= 15 is 0 Å². The minimum absolute atomic E-state index is 0.302. The molecule has 0 amide bonds. The van der Waals surface area contributed by atoms with Gasteiger partial charge in [0.1, 0.15) is 12.1 Å². The van der Waals surface area contributed by atoms with Crippen LogP contribution in [0.4, 0.5) is 5.82 Å². The van der Waals surface area contributed by atoms with Crippen LogP contribution in [0.3, 0.4) is 0 Å². The first-order valence-corrected chi connectivity index (χ1v) is 6.82. The minimum Gasteiger partial charge on any atom is -0.391 e. The van der Waals surface area contributed by atoms with Gasteiger partial charge in [0.15, 0.2) is 5.65 Å². The molecular formula is C14H18N4O. The lowest BCUT2D eigenvalue weighted by Crippen LogP contribution is -2.27. The highest BCUT2D eigenvalue weighted by atomic mass is 16.3. The van der Waals surface area contributed by atoms with E-state index in [1.165, 1.54) is 19.2 Å². The van der Waals surface area contributed by atoms with Crippen LogP contribution in [0, 0.1) is 5.92 Å². The molecule has 1 atom stereocenters. The molecular weight excluding hydrogens is 240 g/mol. The summed E-state index contributed by atoms with van der Waals surface area (Å²) in [6.45, 7) is 0.533. The van der Waals surface area contributed by atoms with Gasteiger partial charge in [0.25, 0.3) is 0 Å². The van der Waals surface area contributed by atoms with Crippen molar-refractivity contribution in [2.75, 3.05) is 11.9 Å². The van der Waals surface area contributed by atoms with E-state index in [4.69, 9.17) is 0 Å². The lowest BCUT2D eigenvalue weighted by atomic mass is 10.0. The summed E-state index contributed by atoms with van der Waals surface area (Å²) in [6, 6.07) is 3.80. The lowest BCUT2D eigenvalue weighted by molar-refractivity contribution is 0.123. The van der Waals surface area contributed by atoms with Gasteiger partial charge in [0.2, 0.25) is 0 Å². The molecule has 1 fully saturated rings. The van der Waals surface area contributed by atoms with Crippen molar-refractivity contribution in [3.05, 3.63) is 24.7 Å². The van der Waals surface area contributed by atoms with E-state index in [2.05, 4.69) is 20.3 Å². The number of aromatic nitrogens is 3. The zero-order valence-corrected chi connectivity index (χ0v) is 10.8. The number of pyridine rings is 1. The number of anilines is 1. The van der Waals surface area contributed by atoms with Crippen LogP contribution in [-0.4, -0.2) is 32.7 Å². The summed E-state index contributed by atoms with van der Waals surface area (Å²) in [5.41, 5.74) is 0.676. The van der Waals surface area contributed by atoms with Crippen LogP contribution < -0.4 is 5.32 Å². The third-order valence-electron chi connectivity index (χ3n) is 3.83. The van der Waals surface area contributed by atoms with Crippen molar-refractivity contribution in [1.82, 2.24) is 15.0 Å². The van der Waals surface area contributed by atoms with Gasteiger partial charge in [0, 0.05) is 12.7 Å². The van der Waals surface area contributed by atoms with Crippen molar-refractivity contribution in [3.63, 3.8) is 0 Å². The van der Waals surface area contributed by atoms with Crippen LogP contribution in [0.2, 0.25) is 0 Å². The summed E-state index contributed by atoms with van der Waals surface area (Å²) < 4.78 is 0. The number of hydrogen-bond acceptors (Lipinski definition) is 5. The highest BCUT2D eigenvalue weighted by Crippen LogP contribution is 2.28. The molecule has 3 rings (SSSR count). The molecule has 2 aromatic rings. The molecule has 2 N–H and O–H groups in total. The van der Waals surface area contributed by atoms with Gasteiger partial charge >= 0.3 is 0 Å². The Bertz CT molecular complexity index is 549. The third-order valence-corrected chi connectivity index (χ3v) is 3.83. The Kier molecular flexibility index (Phi) is 3.55. The van der Waals surface area contributed by atoms with Gasteiger partial charge < -0.3 is 10.4 Å². The molecule has 1 saturated carbocycles. The lowest BCUT2D eigenvalue weighted by Gasteiger charge is -2.18. The predicted octanol–water partition coefficient (Wildman–Crippen LogP) is 1.99. The van der Waals surface area contributed by atoms with E-state index in [-0.39, 0.29) is 6.10 Å². The Morgan fingerprint density at radius 1 is 1.26 bits per heavy atom. The summed E-state index contributed by atoms with van der Waals surface area (Å²) >= 11 is 0. The summed E-state index contributed by atoms with van der Waals surface area (Å²) in [5, 5.41) is 14.3. The zero-order valence-electron chi connectivity index (χ0n) is 10.8. The standard InChI is InChI=1S/C14H18N4O/c19-12(10-4-1-2-5-10)8-16-14-11-6-3-7-15-13(11)17-9-18-14/h3,6-7,9-10,12,19H,1-2,4-5,8H2,(H,15,16,17,18)/t12-/m1/s1. The molecule has 1 aliphatic carbocycles. The molecule has 0 saturated heterocycles. The van der Waals surface area contributed by atoms with Crippen molar-refractivity contribution in [2.45, 2.75) is 31.8 Å². The predicted molar refractivity (Wildman–Crippen MR) is 73.8 cm³/mol. The first-order chi connectivity index (χ1) is 9.34. The monoisotopic (exact) mass is 258 g/mol. The summed E-state index contributed by atoms with van der Waals surface area (Å²) in [4.78, 5) is 12.5. The average molecular weight is 258 g/mol. The van der Waals surface area contributed by atoms with Gasteiger partial charge in [-0.05, 0) is 30.9 Å². The highest BCUT2D eigenvalue weighted by molar-refractivity contribution is 5.85. The normalized spacial score (nSPS) is 17.7. The molecule has 19 heavy (non-hydrogen) atoms. The summed E-state index contributed by atoms with van der Waals surface area (Å²) in [6.07, 6.45) is 7.66. The molecule has 0 bridgehead atoms. The number of fused-ring (bicyclic) bond motifs is 1. The molecule has 1 aliphatic rings. The van der Waals surface area contributed by atoms with Crippen LogP contribution in [-0.2, 0) is 0 Å². The van der Waals surface area contributed by atoms with Gasteiger partial charge in [-0.15, -0.1) is 0 Å². The number of rotatable bonds is 4. The highest BCUT2D eigenvalue weighted by Gasteiger charge is 2.23. The Morgan fingerprint density at radius 3 is 2.95 bits per heavy atom. The fourth-order valence-corrected chi connectivity index (χ4v) is 2.75. The molecule has 0 aliphatic heterocycles. The van der Waals surface area contributed by atoms with Crippen LogP contribution in [0.25, 0.3) is 11.0 Å². The average Bonchev–Trinajstić information content (AvgIpc) is 2.99. The van der Waals surface area contributed by atoms with Gasteiger partial charge in [-0.2, -0.15) is 0 Å². The van der Waals surface area contributed by atoms with E-state index in [0.717, 1.165) is 24.0 Å². The molecule has 100 valence electrons. The second-order valence-corrected chi connectivity index (χ2v) is 5.09. The second kappa shape index (κ2) is 5.48.